The van der Waals surface area contributed by atoms with Crippen LogP contribution in [0.2, 0.25) is 5.02 Å². The molecule has 32 heavy (non-hydrogen) atoms. The highest BCUT2D eigenvalue weighted by molar-refractivity contribution is 7.90. The number of ether oxygens (including phenoxy) is 1. The molecular weight excluding hydrogens is 479 g/mol. The molecule has 2 heterocycles. The summed E-state index contributed by atoms with van der Waals surface area (Å²) < 4.78 is 44.4. The number of carbonyl (C=O) groups excluding carboxylic acids is 1. The van der Waals surface area contributed by atoms with Gasteiger partial charge in [0, 0.05) is 0 Å². The van der Waals surface area contributed by atoms with Gasteiger partial charge < -0.3 is 4.74 Å². The predicted octanol–water partition coefficient (Wildman–Crippen LogP) is 4.11. The van der Waals surface area contributed by atoms with E-state index in [1.54, 1.807) is 25.3 Å². The molecule has 0 unspecified atom stereocenters. The number of hydrogen-bond donors (Lipinski definition) is 1. The topological polar surface area (TPSA) is 111 Å². The quantitative estimate of drug-likeness (QED) is 0.403. The molecule has 1 amide bonds. The number of aromatic nitrogens is 3. The van der Waals surface area contributed by atoms with Crippen molar-refractivity contribution >= 4 is 54.0 Å². The second-order valence-corrected chi connectivity index (χ2v) is 9.86. The van der Waals surface area contributed by atoms with Crippen LogP contribution in [0.3, 0.4) is 0 Å². The van der Waals surface area contributed by atoms with E-state index >= 15 is 0 Å². The zero-order valence-corrected chi connectivity index (χ0v) is 18.8. The first-order valence-corrected chi connectivity index (χ1v) is 11.9. The van der Waals surface area contributed by atoms with Gasteiger partial charge in [-0.15, -0.1) is 0 Å². The third-order valence-corrected chi connectivity index (χ3v) is 6.98. The predicted molar refractivity (Wildman–Crippen MR) is 118 cm³/mol. The molecule has 0 aliphatic rings. The maximum absolute atomic E-state index is 13.1. The molecule has 1 N–H and O–H groups in total. The van der Waals surface area contributed by atoms with Crippen molar-refractivity contribution in [2.24, 2.45) is 0 Å². The van der Waals surface area contributed by atoms with Crippen molar-refractivity contribution in [1.82, 2.24) is 15.0 Å². The number of halogens is 2. The number of nitrogens with one attached hydrogen (secondary N) is 1. The Bertz CT molecular complexity index is 1430. The Hall–Kier alpha value is -3.15. The summed E-state index contributed by atoms with van der Waals surface area (Å²) in [6, 6.07) is 10.3. The highest BCUT2D eigenvalue weighted by Crippen LogP contribution is 2.29. The molecular formula is C20H14ClFN4O4S2. The number of benzene rings is 2. The Morgan fingerprint density at radius 1 is 1.19 bits per heavy atom. The number of methoxy groups -OCH3 is 1. The zero-order valence-electron chi connectivity index (χ0n) is 16.4. The van der Waals surface area contributed by atoms with Crippen LogP contribution in [0.15, 0.2) is 53.8 Å². The number of fused-ring (bicyclic) bond motifs is 1. The van der Waals surface area contributed by atoms with Gasteiger partial charge in [0.2, 0.25) is 15.0 Å². The molecule has 8 nitrogen and oxygen atoms in total. The van der Waals surface area contributed by atoms with Gasteiger partial charge in [0.1, 0.15) is 11.6 Å². The van der Waals surface area contributed by atoms with E-state index in [0.29, 0.717) is 16.8 Å². The van der Waals surface area contributed by atoms with E-state index in [2.05, 4.69) is 20.3 Å². The summed E-state index contributed by atoms with van der Waals surface area (Å²) in [6.07, 6.45) is 1.05. The van der Waals surface area contributed by atoms with E-state index in [0.717, 1.165) is 23.0 Å². The molecule has 0 atom stereocenters. The molecule has 0 aliphatic heterocycles. The number of anilines is 1. The van der Waals surface area contributed by atoms with E-state index in [4.69, 9.17) is 16.3 Å². The van der Waals surface area contributed by atoms with Gasteiger partial charge in [-0.3, -0.25) is 10.1 Å². The number of thiazole rings is 1. The summed E-state index contributed by atoms with van der Waals surface area (Å²) in [5.41, 5.74) is 0.694. The van der Waals surface area contributed by atoms with E-state index in [1.165, 1.54) is 23.5 Å². The van der Waals surface area contributed by atoms with Crippen LogP contribution in [0.5, 0.6) is 5.75 Å². The van der Waals surface area contributed by atoms with Gasteiger partial charge in [0.15, 0.2) is 10.8 Å². The zero-order chi connectivity index (χ0) is 22.9. The smallest absolute Gasteiger partial charge is 0.277 e. The molecule has 12 heteroatoms. The fourth-order valence-corrected chi connectivity index (χ4v) is 5.04. The van der Waals surface area contributed by atoms with Crippen molar-refractivity contribution in [3.05, 3.63) is 70.8 Å². The normalized spacial score (nSPS) is 11.5. The van der Waals surface area contributed by atoms with Gasteiger partial charge >= 0.3 is 0 Å². The first-order valence-electron chi connectivity index (χ1n) is 9.01. The Balaban J connectivity index is 1.59. The van der Waals surface area contributed by atoms with E-state index < -0.39 is 32.5 Å². The molecule has 0 radical (unpaired) electrons. The number of hydrogen-bond acceptors (Lipinski definition) is 8. The molecule has 4 aromatic rings. The summed E-state index contributed by atoms with van der Waals surface area (Å²) in [6.45, 7) is 0. The van der Waals surface area contributed by atoms with Crippen molar-refractivity contribution in [2.45, 2.75) is 10.9 Å². The largest absolute Gasteiger partial charge is 0.497 e. The number of sulfone groups is 1. The second kappa shape index (κ2) is 8.77. The van der Waals surface area contributed by atoms with Crippen LogP contribution >= 0.6 is 22.9 Å². The number of carbonyl (C=O) groups is 1. The van der Waals surface area contributed by atoms with Gasteiger partial charge in [-0.1, -0.05) is 35.1 Å². The average Bonchev–Trinajstić information content (AvgIpc) is 3.16. The minimum atomic E-state index is -4.01. The summed E-state index contributed by atoms with van der Waals surface area (Å²) in [7, 11) is -2.46. The molecule has 0 bridgehead atoms. The first kappa shape index (κ1) is 22.1. The van der Waals surface area contributed by atoms with Crippen molar-refractivity contribution in [2.75, 3.05) is 12.4 Å². The van der Waals surface area contributed by atoms with Gasteiger partial charge in [-0.2, -0.15) is 0 Å². The van der Waals surface area contributed by atoms with E-state index in [-0.39, 0.29) is 15.8 Å². The SMILES string of the molecule is COc1ccc2nc(NC(=O)c3nc(S(=O)(=O)Cc4ccc(F)cc4)ncc3Cl)sc2c1. The lowest BCUT2D eigenvalue weighted by molar-refractivity contribution is 0.102. The summed E-state index contributed by atoms with van der Waals surface area (Å²) in [5, 5.41) is 2.17. The second-order valence-electron chi connectivity index (χ2n) is 6.54. The summed E-state index contributed by atoms with van der Waals surface area (Å²) in [4.78, 5) is 24.7. The number of rotatable bonds is 6. The lowest BCUT2D eigenvalue weighted by Gasteiger charge is -2.07. The van der Waals surface area contributed by atoms with Crippen molar-refractivity contribution < 1.29 is 22.3 Å². The van der Waals surface area contributed by atoms with Gasteiger partial charge in [0.05, 0.1) is 34.3 Å². The molecule has 0 aliphatic carbocycles. The van der Waals surface area contributed by atoms with Crippen LogP contribution in [0.1, 0.15) is 16.1 Å². The standard InChI is InChI=1S/C20H14ClFN4O4S2/c1-30-13-6-7-15-16(8-13)31-19(24-15)26-18(27)17-14(21)9-23-20(25-17)32(28,29)10-11-2-4-12(22)5-3-11/h2-9H,10H2,1H3,(H,24,26,27). The van der Waals surface area contributed by atoms with Crippen molar-refractivity contribution in [3.63, 3.8) is 0 Å². The first-order chi connectivity index (χ1) is 15.2. The number of amides is 1. The van der Waals surface area contributed by atoms with E-state index in [1.807, 2.05) is 0 Å². The van der Waals surface area contributed by atoms with Crippen molar-refractivity contribution in [3.8, 4) is 5.75 Å². The minimum Gasteiger partial charge on any atom is -0.497 e. The monoisotopic (exact) mass is 492 g/mol. The number of nitrogens with zero attached hydrogens (tertiary/aromatic N) is 3. The average molecular weight is 493 g/mol. The molecule has 164 valence electrons. The van der Waals surface area contributed by atoms with Crippen LogP contribution in [0, 0.1) is 5.82 Å². The van der Waals surface area contributed by atoms with Crippen LogP contribution in [-0.4, -0.2) is 36.4 Å². The Morgan fingerprint density at radius 2 is 1.94 bits per heavy atom. The molecule has 4 rings (SSSR count). The lowest BCUT2D eigenvalue weighted by Crippen LogP contribution is -2.18. The lowest BCUT2D eigenvalue weighted by atomic mass is 10.2. The Kier molecular flexibility index (Phi) is 6.04. The van der Waals surface area contributed by atoms with Crippen LogP contribution in [-0.2, 0) is 15.6 Å². The Labute approximate surface area is 191 Å². The van der Waals surface area contributed by atoms with Gasteiger partial charge in [0.25, 0.3) is 5.91 Å². The van der Waals surface area contributed by atoms with Crippen molar-refractivity contribution in [1.29, 1.82) is 0 Å². The van der Waals surface area contributed by atoms with Gasteiger partial charge in [-0.05, 0) is 35.9 Å². The third-order valence-electron chi connectivity index (χ3n) is 4.30. The molecule has 2 aromatic carbocycles. The summed E-state index contributed by atoms with van der Waals surface area (Å²) in [5.74, 6) is -1.04. The summed E-state index contributed by atoms with van der Waals surface area (Å²) >= 11 is 7.26. The van der Waals surface area contributed by atoms with Crippen LogP contribution < -0.4 is 10.1 Å². The molecule has 0 spiro atoms. The van der Waals surface area contributed by atoms with E-state index in [9.17, 15) is 17.6 Å². The van der Waals surface area contributed by atoms with Crippen LogP contribution in [0.25, 0.3) is 10.2 Å². The maximum atomic E-state index is 13.1. The highest BCUT2D eigenvalue weighted by atomic mass is 35.5. The fraction of sp³-hybridized carbons (Fsp3) is 0.100. The minimum absolute atomic E-state index is 0.119. The maximum Gasteiger partial charge on any atom is 0.277 e. The molecule has 2 aromatic heterocycles. The van der Waals surface area contributed by atoms with Gasteiger partial charge in [-0.25, -0.2) is 27.8 Å². The Morgan fingerprint density at radius 3 is 2.66 bits per heavy atom. The highest BCUT2D eigenvalue weighted by Gasteiger charge is 2.23. The molecule has 0 saturated carbocycles. The molecule has 0 saturated heterocycles. The van der Waals surface area contributed by atoms with Crippen LogP contribution in [0.4, 0.5) is 9.52 Å². The molecule has 0 fully saturated rings. The third kappa shape index (κ3) is 4.69. The fourth-order valence-electron chi connectivity index (χ4n) is 2.77.